The van der Waals surface area contributed by atoms with E-state index in [2.05, 4.69) is 4.98 Å². The first-order valence-electron chi connectivity index (χ1n) is 9.21. The van der Waals surface area contributed by atoms with Crippen LogP contribution >= 0.6 is 0 Å². The average molecular weight is 364 g/mol. The summed E-state index contributed by atoms with van der Waals surface area (Å²) in [4.78, 5) is 41.1. The lowest BCUT2D eigenvalue weighted by molar-refractivity contribution is -0.141. The molecule has 1 amide bonds. The number of aryl methyl sites for hydroxylation is 1. The highest BCUT2D eigenvalue weighted by atomic mass is 16.5. The number of rotatable bonds is 9. The van der Waals surface area contributed by atoms with Crippen LogP contribution in [0.3, 0.4) is 0 Å². The van der Waals surface area contributed by atoms with E-state index in [1.807, 2.05) is 6.92 Å². The zero-order valence-corrected chi connectivity index (χ0v) is 15.8. The van der Waals surface area contributed by atoms with Gasteiger partial charge in [-0.1, -0.05) is 6.92 Å². The van der Waals surface area contributed by atoms with Crippen LogP contribution in [0.4, 0.5) is 0 Å². The van der Waals surface area contributed by atoms with Crippen LogP contribution in [-0.4, -0.2) is 59.0 Å². The number of hydrogen-bond donors (Lipinski definition) is 2. The molecular formula is C19H28N2O5. The monoisotopic (exact) mass is 364 g/mol. The zero-order chi connectivity index (χ0) is 19.3. The molecule has 0 fully saturated rings. The first kappa shape index (κ1) is 20.2. The third-order valence-corrected chi connectivity index (χ3v) is 4.77. The van der Waals surface area contributed by atoms with Crippen molar-refractivity contribution in [1.29, 1.82) is 0 Å². The molecule has 1 unspecified atom stereocenters. The summed E-state index contributed by atoms with van der Waals surface area (Å²) in [6.45, 7) is 6.92. The first-order chi connectivity index (χ1) is 12.4. The Labute approximate surface area is 153 Å². The number of carboxylic acids is 1. The van der Waals surface area contributed by atoms with Crippen LogP contribution in [0, 0.1) is 12.8 Å². The van der Waals surface area contributed by atoms with E-state index in [1.165, 1.54) is 0 Å². The molecule has 0 spiro atoms. The highest BCUT2D eigenvalue weighted by molar-refractivity contribution is 6.04. The molecule has 7 nitrogen and oxygen atoms in total. The Balaban J connectivity index is 2.21. The van der Waals surface area contributed by atoms with Crippen LogP contribution in [0.2, 0.25) is 0 Å². The second-order valence-electron chi connectivity index (χ2n) is 6.80. The fraction of sp³-hybridized carbons (Fsp3) is 0.632. The number of hydrogen-bond acceptors (Lipinski definition) is 4. The molecule has 144 valence electrons. The summed E-state index contributed by atoms with van der Waals surface area (Å²) < 4.78 is 5.32. The number of carbonyl (C=O) groups excluding carboxylic acids is 2. The molecule has 1 heterocycles. The number of carboxylic acid groups (broad SMARTS) is 1. The van der Waals surface area contributed by atoms with Crippen molar-refractivity contribution < 1.29 is 24.2 Å². The van der Waals surface area contributed by atoms with Gasteiger partial charge in [0.05, 0.1) is 5.92 Å². The van der Waals surface area contributed by atoms with E-state index in [0.29, 0.717) is 49.4 Å². The third kappa shape index (κ3) is 4.52. The molecule has 1 aliphatic rings. The fourth-order valence-corrected chi connectivity index (χ4v) is 3.33. The maximum atomic E-state index is 13.1. The van der Waals surface area contributed by atoms with Crippen LogP contribution in [0.1, 0.15) is 65.2 Å². The number of aromatic amines is 1. The number of nitrogens with one attached hydrogen (secondary N) is 1. The second-order valence-corrected chi connectivity index (χ2v) is 6.80. The Kier molecular flexibility index (Phi) is 6.97. The van der Waals surface area contributed by atoms with Crippen LogP contribution in [-0.2, 0) is 16.0 Å². The quantitative estimate of drug-likeness (QED) is 0.656. The molecule has 0 saturated heterocycles. The summed E-state index contributed by atoms with van der Waals surface area (Å²) in [7, 11) is 0. The Hall–Kier alpha value is -2.15. The number of carbonyl (C=O) groups is 3. The van der Waals surface area contributed by atoms with Crippen LogP contribution in [0.25, 0.3) is 0 Å². The number of ketones is 1. The van der Waals surface area contributed by atoms with Crippen LogP contribution in [0.15, 0.2) is 0 Å². The van der Waals surface area contributed by atoms with Gasteiger partial charge in [0.1, 0.15) is 5.69 Å². The topological polar surface area (TPSA) is 99.7 Å². The van der Waals surface area contributed by atoms with Gasteiger partial charge in [0.15, 0.2) is 5.78 Å². The lowest BCUT2D eigenvalue weighted by Gasteiger charge is -2.24. The van der Waals surface area contributed by atoms with Gasteiger partial charge in [-0.2, -0.15) is 0 Å². The molecular weight excluding hydrogens is 336 g/mol. The van der Waals surface area contributed by atoms with Crippen molar-refractivity contribution in [2.75, 3.05) is 26.3 Å². The summed E-state index contributed by atoms with van der Waals surface area (Å²) in [6.07, 6.45) is 2.68. The maximum absolute atomic E-state index is 13.1. The molecule has 1 aliphatic carbocycles. The number of fused-ring (bicyclic) bond motifs is 1. The molecule has 1 aromatic rings. The van der Waals surface area contributed by atoms with E-state index in [9.17, 15) is 19.5 Å². The summed E-state index contributed by atoms with van der Waals surface area (Å²) in [5.41, 5.74) is 2.54. The van der Waals surface area contributed by atoms with Gasteiger partial charge < -0.3 is 19.7 Å². The van der Waals surface area contributed by atoms with Gasteiger partial charge in [-0.15, -0.1) is 0 Å². The molecule has 0 saturated carbocycles. The Morgan fingerprint density at radius 2 is 2.08 bits per heavy atom. The van der Waals surface area contributed by atoms with Crippen molar-refractivity contribution in [1.82, 2.24) is 9.88 Å². The van der Waals surface area contributed by atoms with E-state index >= 15 is 0 Å². The van der Waals surface area contributed by atoms with E-state index < -0.39 is 11.9 Å². The van der Waals surface area contributed by atoms with Crippen molar-refractivity contribution in [3.63, 3.8) is 0 Å². The minimum absolute atomic E-state index is 0.0702. The van der Waals surface area contributed by atoms with Gasteiger partial charge >= 0.3 is 5.97 Å². The molecule has 1 atom stereocenters. The van der Waals surface area contributed by atoms with E-state index in [1.54, 1.807) is 18.7 Å². The Bertz CT molecular complexity index is 680. The van der Waals surface area contributed by atoms with Crippen LogP contribution < -0.4 is 0 Å². The van der Waals surface area contributed by atoms with E-state index in [-0.39, 0.29) is 18.2 Å². The normalized spacial score (nSPS) is 14.8. The van der Waals surface area contributed by atoms with Crippen molar-refractivity contribution in [2.24, 2.45) is 5.92 Å². The van der Waals surface area contributed by atoms with E-state index in [0.717, 1.165) is 18.5 Å². The molecule has 7 heteroatoms. The highest BCUT2D eigenvalue weighted by Gasteiger charge is 2.29. The summed E-state index contributed by atoms with van der Waals surface area (Å²) in [5, 5.41) is 9.20. The van der Waals surface area contributed by atoms with Crippen molar-refractivity contribution in [3.05, 3.63) is 22.5 Å². The number of H-pyrrole nitrogens is 1. The number of ether oxygens (including phenoxy) is 1. The summed E-state index contributed by atoms with van der Waals surface area (Å²) >= 11 is 0. The minimum Gasteiger partial charge on any atom is -0.481 e. The van der Waals surface area contributed by atoms with Gasteiger partial charge in [0, 0.05) is 44.0 Å². The Morgan fingerprint density at radius 1 is 1.35 bits per heavy atom. The van der Waals surface area contributed by atoms with Gasteiger partial charge in [0.2, 0.25) is 0 Å². The van der Waals surface area contributed by atoms with E-state index in [4.69, 9.17) is 4.74 Å². The number of nitrogens with zero attached hydrogens (tertiary/aromatic N) is 1. The number of aromatic nitrogens is 1. The van der Waals surface area contributed by atoms with Crippen molar-refractivity contribution in [2.45, 2.75) is 46.5 Å². The predicted molar refractivity (Wildman–Crippen MR) is 96.6 cm³/mol. The standard InChI is InChI=1S/C19H28N2O5/c1-4-26-10-6-9-21(11-12(2)19(24)25)18(23)17-13(3)16-14(20-17)7-5-8-15(16)22/h12,20H,4-11H2,1-3H3,(H,24,25). The third-order valence-electron chi connectivity index (χ3n) is 4.77. The van der Waals surface area contributed by atoms with Crippen LogP contribution in [0.5, 0.6) is 0 Å². The lowest BCUT2D eigenvalue weighted by atomic mass is 9.93. The molecule has 0 radical (unpaired) electrons. The van der Waals surface area contributed by atoms with Gasteiger partial charge in [-0.05, 0) is 38.7 Å². The first-order valence-corrected chi connectivity index (χ1v) is 9.21. The van der Waals surface area contributed by atoms with Gasteiger partial charge in [-0.25, -0.2) is 0 Å². The second kappa shape index (κ2) is 8.98. The van der Waals surface area contributed by atoms with Gasteiger partial charge in [-0.3, -0.25) is 14.4 Å². The SMILES string of the molecule is CCOCCCN(CC(C)C(=O)O)C(=O)c1[nH]c2c(c1C)C(=O)CCC2. The molecule has 26 heavy (non-hydrogen) atoms. The molecule has 2 rings (SSSR count). The largest absolute Gasteiger partial charge is 0.481 e. The fourth-order valence-electron chi connectivity index (χ4n) is 3.33. The summed E-state index contributed by atoms with van der Waals surface area (Å²) in [6, 6.07) is 0. The molecule has 2 N–H and O–H groups in total. The molecule has 0 bridgehead atoms. The number of aliphatic carboxylic acids is 1. The van der Waals surface area contributed by atoms with Crippen molar-refractivity contribution >= 4 is 17.7 Å². The maximum Gasteiger partial charge on any atom is 0.308 e. The molecule has 0 aliphatic heterocycles. The smallest absolute Gasteiger partial charge is 0.308 e. The highest BCUT2D eigenvalue weighted by Crippen LogP contribution is 2.27. The number of amides is 1. The lowest BCUT2D eigenvalue weighted by Crippen LogP contribution is -2.38. The van der Waals surface area contributed by atoms with Gasteiger partial charge in [0.25, 0.3) is 5.91 Å². The molecule has 0 aromatic carbocycles. The molecule has 1 aromatic heterocycles. The predicted octanol–water partition coefficient (Wildman–Crippen LogP) is 2.43. The minimum atomic E-state index is -0.940. The Morgan fingerprint density at radius 3 is 2.69 bits per heavy atom. The zero-order valence-electron chi connectivity index (χ0n) is 15.8. The number of Topliss-reactive ketones (excluding diaryl/α,β-unsaturated/α-hetero) is 1. The summed E-state index contributed by atoms with van der Waals surface area (Å²) in [5.74, 6) is -1.79. The average Bonchev–Trinajstić information content (AvgIpc) is 2.94. The van der Waals surface area contributed by atoms with Crippen molar-refractivity contribution in [3.8, 4) is 0 Å².